The number of hydrogen-bond acceptors (Lipinski definition) is 3. The van der Waals surface area contributed by atoms with Crippen LogP contribution in [0.3, 0.4) is 0 Å². The molecular formula is C15H22IN3O. The van der Waals surface area contributed by atoms with E-state index in [9.17, 15) is 4.79 Å². The van der Waals surface area contributed by atoms with Crippen molar-refractivity contribution in [2.45, 2.75) is 25.8 Å². The van der Waals surface area contributed by atoms with Gasteiger partial charge < -0.3 is 11.1 Å². The third-order valence-electron chi connectivity index (χ3n) is 3.80. The lowest BCUT2D eigenvalue weighted by Crippen LogP contribution is -2.45. The number of para-hydroxylation sites is 1. The molecule has 1 aliphatic rings. The molecule has 0 aromatic heterocycles. The first-order valence-electron chi connectivity index (χ1n) is 7.08. The summed E-state index contributed by atoms with van der Waals surface area (Å²) in [4.78, 5) is 14.3. The number of anilines is 1. The van der Waals surface area contributed by atoms with E-state index in [1.165, 1.54) is 6.42 Å². The van der Waals surface area contributed by atoms with Gasteiger partial charge in [-0.1, -0.05) is 12.1 Å². The van der Waals surface area contributed by atoms with E-state index >= 15 is 0 Å². The Morgan fingerprint density at radius 2 is 2.30 bits per heavy atom. The van der Waals surface area contributed by atoms with Gasteiger partial charge in [-0.2, -0.15) is 0 Å². The molecule has 5 heteroatoms. The summed E-state index contributed by atoms with van der Waals surface area (Å²) in [5, 5.41) is 2.98. The van der Waals surface area contributed by atoms with Crippen molar-refractivity contribution in [3.63, 3.8) is 0 Å². The van der Waals surface area contributed by atoms with Crippen LogP contribution in [0.2, 0.25) is 0 Å². The second-order valence-electron chi connectivity index (χ2n) is 5.52. The van der Waals surface area contributed by atoms with Crippen molar-refractivity contribution < 1.29 is 4.79 Å². The summed E-state index contributed by atoms with van der Waals surface area (Å²) in [7, 11) is 0. The number of piperidine rings is 1. The average Bonchev–Trinajstić information content (AvgIpc) is 2.41. The van der Waals surface area contributed by atoms with Gasteiger partial charge in [0.1, 0.15) is 0 Å². The normalized spacial score (nSPS) is 21.4. The standard InChI is InChI=1S/C15H22IN3O/c1-11(17)12-5-4-8-19(9-12)10-15(20)18-14-7-3-2-6-13(14)16/h2-3,6-7,11-12H,4-5,8-10,17H2,1H3,(H,18,20). The minimum atomic E-state index is 0.0550. The van der Waals surface area contributed by atoms with Crippen molar-refractivity contribution >= 4 is 34.2 Å². The molecule has 2 unspecified atom stereocenters. The van der Waals surface area contributed by atoms with Gasteiger partial charge >= 0.3 is 0 Å². The van der Waals surface area contributed by atoms with Gasteiger partial charge in [0.25, 0.3) is 0 Å². The van der Waals surface area contributed by atoms with Gasteiger partial charge in [-0.25, -0.2) is 0 Å². The first-order chi connectivity index (χ1) is 9.56. The zero-order valence-corrected chi connectivity index (χ0v) is 14.0. The second kappa shape index (κ2) is 7.38. The average molecular weight is 387 g/mol. The molecule has 0 saturated carbocycles. The van der Waals surface area contributed by atoms with Gasteiger partial charge in [0.15, 0.2) is 0 Å². The highest BCUT2D eigenvalue weighted by Crippen LogP contribution is 2.19. The molecule has 0 radical (unpaired) electrons. The van der Waals surface area contributed by atoms with Gasteiger partial charge in [0, 0.05) is 16.2 Å². The number of nitrogens with one attached hydrogen (secondary N) is 1. The number of benzene rings is 1. The smallest absolute Gasteiger partial charge is 0.238 e. The van der Waals surface area contributed by atoms with Gasteiger partial charge in [-0.3, -0.25) is 9.69 Å². The summed E-state index contributed by atoms with van der Waals surface area (Å²) < 4.78 is 1.06. The van der Waals surface area contributed by atoms with Crippen LogP contribution in [0.25, 0.3) is 0 Å². The second-order valence-corrected chi connectivity index (χ2v) is 6.69. The number of nitrogens with two attached hydrogens (primary N) is 1. The van der Waals surface area contributed by atoms with Crippen molar-refractivity contribution in [3.8, 4) is 0 Å². The summed E-state index contributed by atoms with van der Waals surface area (Å²) >= 11 is 2.23. The molecule has 4 nitrogen and oxygen atoms in total. The van der Waals surface area contributed by atoms with E-state index in [4.69, 9.17) is 5.73 Å². The van der Waals surface area contributed by atoms with E-state index in [2.05, 4.69) is 39.7 Å². The molecule has 1 aromatic carbocycles. The fraction of sp³-hybridized carbons (Fsp3) is 0.533. The van der Waals surface area contributed by atoms with E-state index in [1.54, 1.807) is 0 Å². The van der Waals surface area contributed by atoms with Gasteiger partial charge in [0.2, 0.25) is 5.91 Å². The molecule has 1 fully saturated rings. The number of rotatable bonds is 4. The molecular weight excluding hydrogens is 365 g/mol. The van der Waals surface area contributed by atoms with Crippen LogP contribution in [0.15, 0.2) is 24.3 Å². The number of carbonyl (C=O) groups excluding carboxylic acids is 1. The highest BCUT2D eigenvalue weighted by Gasteiger charge is 2.23. The van der Waals surface area contributed by atoms with Crippen LogP contribution in [-0.2, 0) is 4.79 Å². The quantitative estimate of drug-likeness (QED) is 0.780. The number of nitrogens with zero attached hydrogens (tertiary/aromatic N) is 1. The van der Waals surface area contributed by atoms with Crippen LogP contribution in [0.4, 0.5) is 5.69 Å². The largest absolute Gasteiger partial charge is 0.328 e. The van der Waals surface area contributed by atoms with Crippen LogP contribution in [0.5, 0.6) is 0 Å². The molecule has 2 atom stereocenters. The van der Waals surface area contributed by atoms with Crippen molar-refractivity contribution in [2.75, 3.05) is 25.0 Å². The molecule has 0 bridgehead atoms. The summed E-state index contributed by atoms with van der Waals surface area (Å²) in [5.41, 5.74) is 6.86. The number of amides is 1. The first kappa shape index (κ1) is 15.7. The maximum Gasteiger partial charge on any atom is 0.238 e. The SMILES string of the molecule is CC(N)C1CCCN(CC(=O)Nc2ccccc2I)C1. The predicted molar refractivity (Wildman–Crippen MR) is 90.6 cm³/mol. The van der Waals surface area contributed by atoms with Crippen LogP contribution < -0.4 is 11.1 Å². The Hall–Kier alpha value is -0.660. The molecule has 3 N–H and O–H groups in total. The Morgan fingerprint density at radius 3 is 3.00 bits per heavy atom. The van der Waals surface area contributed by atoms with E-state index in [1.807, 2.05) is 24.3 Å². The number of halogens is 1. The van der Waals surface area contributed by atoms with Gasteiger partial charge in [-0.05, 0) is 67.0 Å². The van der Waals surface area contributed by atoms with Crippen molar-refractivity contribution in [2.24, 2.45) is 11.7 Å². The molecule has 2 rings (SSSR count). The Morgan fingerprint density at radius 1 is 1.55 bits per heavy atom. The fourth-order valence-corrected chi connectivity index (χ4v) is 3.14. The van der Waals surface area contributed by atoms with Crippen molar-refractivity contribution in [1.82, 2.24) is 4.90 Å². The van der Waals surface area contributed by atoms with E-state index in [0.29, 0.717) is 12.5 Å². The molecule has 1 amide bonds. The maximum absolute atomic E-state index is 12.1. The van der Waals surface area contributed by atoms with Gasteiger partial charge in [0.05, 0.1) is 12.2 Å². The van der Waals surface area contributed by atoms with Crippen LogP contribution in [0.1, 0.15) is 19.8 Å². The summed E-state index contributed by atoms with van der Waals surface area (Å²) in [6.45, 7) is 4.42. The van der Waals surface area contributed by atoms with Crippen LogP contribution in [-0.4, -0.2) is 36.5 Å². The Labute approximate surface area is 134 Å². The fourth-order valence-electron chi connectivity index (χ4n) is 2.62. The van der Waals surface area contributed by atoms with Crippen molar-refractivity contribution in [1.29, 1.82) is 0 Å². The highest BCUT2D eigenvalue weighted by atomic mass is 127. The Balaban J connectivity index is 1.87. The van der Waals surface area contributed by atoms with E-state index in [-0.39, 0.29) is 11.9 Å². The monoisotopic (exact) mass is 387 g/mol. The lowest BCUT2D eigenvalue weighted by Gasteiger charge is -2.34. The number of carbonyl (C=O) groups is 1. The lowest BCUT2D eigenvalue weighted by atomic mass is 9.92. The first-order valence-corrected chi connectivity index (χ1v) is 8.16. The zero-order valence-electron chi connectivity index (χ0n) is 11.8. The number of hydrogen-bond donors (Lipinski definition) is 2. The lowest BCUT2D eigenvalue weighted by molar-refractivity contribution is -0.117. The third kappa shape index (κ3) is 4.43. The summed E-state index contributed by atoms with van der Waals surface area (Å²) in [6, 6.07) is 8.03. The van der Waals surface area contributed by atoms with Crippen molar-refractivity contribution in [3.05, 3.63) is 27.8 Å². The summed E-state index contributed by atoms with van der Waals surface area (Å²) in [6.07, 6.45) is 2.30. The van der Waals surface area contributed by atoms with Crippen LogP contribution in [0, 0.1) is 9.49 Å². The van der Waals surface area contributed by atoms with E-state index in [0.717, 1.165) is 28.8 Å². The van der Waals surface area contributed by atoms with E-state index < -0.39 is 0 Å². The number of likely N-dealkylation sites (tertiary alicyclic amines) is 1. The Kier molecular flexibility index (Phi) is 5.80. The summed E-state index contributed by atoms with van der Waals surface area (Å²) in [5.74, 6) is 0.563. The maximum atomic E-state index is 12.1. The zero-order chi connectivity index (χ0) is 14.5. The Bertz CT molecular complexity index is 464. The molecule has 20 heavy (non-hydrogen) atoms. The molecule has 0 aliphatic carbocycles. The molecule has 1 heterocycles. The molecule has 1 aliphatic heterocycles. The molecule has 1 saturated heterocycles. The third-order valence-corrected chi connectivity index (χ3v) is 4.74. The highest BCUT2D eigenvalue weighted by molar-refractivity contribution is 14.1. The molecule has 110 valence electrons. The molecule has 1 aromatic rings. The topological polar surface area (TPSA) is 58.4 Å². The predicted octanol–water partition coefficient (Wildman–Crippen LogP) is 2.29. The molecule has 0 spiro atoms. The minimum absolute atomic E-state index is 0.0550. The van der Waals surface area contributed by atoms with Gasteiger partial charge in [-0.15, -0.1) is 0 Å². The minimum Gasteiger partial charge on any atom is -0.328 e. The van der Waals surface area contributed by atoms with Crippen LogP contribution >= 0.6 is 22.6 Å².